The molecular formula is C10H14N2O2. The van der Waals surface area contributed by atoms with Crippen molar-refractivity contribution in [3.05, 3.63) is 0 Å². The first-order chi connectivity index (χ1) is 6.58. The Kier molecular flexibility index (Phi) is 3.00. The highest BCUT2D eigenvalue weighted by molar-refractivity contribution is 5.40. The number of nitrogens with zero attached hydrogens (tertiary/aromatic N) is 2. The quantitative estimate of drug-likeness (QED) is 0.498. The smallest absolute Gasteiger partial charge is 0.211 e. The summed E-state index contributed by atoms with van der Waals surface area (Å²) in [5, 5.41) is 0. The van der Waals surface area contributed by atoms with Crippen LogP contribution in [0.25, 0.3) is 0 Å². The zero-order valence-electron chi connectivity index (χ0n) is 8.54. The minimum Gasteiger partial charge on any atom is -0.211 e. The molecule has 1 aliphatic carbocycles. The number of carbonyl (C=O) groups excluding carboxylic acids is 2. The van der Waals surface area contributed by atoms with Crippen LogP contribution in [0.5, 0.6) is 0 Å². The number of isocyanates is 2. The van der Waals surface area contributed by atoms with E-state index in [0.29, 0.717) is 6.42 Å². The number of aliphatic imine (C=N–C) groups is 2. The molecule has 4 heteroatoms. The van der Waals surface area contributed by atoms with Crippen molar-refractivity contribution in [3.63, 3.8) is 0 Å². The fourth-order valence-electron chi connectivity index (χ4n) is 2.07. The second kappa shape index (κ2) is 3.87. The molecule has 0 aromatic rings. The molecule has 0 amide bonds. The monoisotopic (exact) mass is 194 g/mol. The third kappa shape index (κ3) is 1.67. The summed E-state index contributed by atoms with van der Waals surface area (Å²) in [6.07, 6.45) is 6.59. The summed E-state index contributed by atoms with van der Waals surface area (Å²) >= 11 is 0. The van der Waals surface area contributed by atoms with Gasteiger partial charge in [-0.1, -0.05) is 20.3 Å². The summed E-state index contributed by atoms with van der Waals surface area (Å²) < 4.78 is 0. The van der Waals surface area contributed by atoms with Gasteiger partial charge in [-0.3, -0.25) is 0 Å². The van der Waals surface area contributed by atoms with E-state index in [0.717, 1.165) is 19.3 Å². The Balaban J connectivity index is 3.16. The van der Waals surface area contributed by atoms with E-state index in [1.807, 2.05) is 13.8 Å². The molecule has 0 bridgehead atoms. The molecule has 1 rings (SSSR count). The molecule has 14 heavy (non-hydrogen) atoms. The van der Waals surface area contributed by atoms with E-state index in [1.54, 1.807) is 0 Å². The van der Waals surface area contributed by atoms with E-state index in [1.165, 1.54) is 12.2 Å². The minimum absolute atomic E-state index is 0.264. The lowest BCUT2D eigenvalue weighted by Gasteiger charge is -2.42. The van der Waals surface area contributed by atoms with Gasteiger partial charge in [0.25, 0.3) is 0 Å². The highest BCUT2D eigenvalue weighted by atomic mass is 16.1. The van der Waals surface area contributed by atoms with Crippen molar-refractivity contribution in [1.29, 1.82) is 0 Å². The van der Waals surface area contributed by atoms with Crippen molar-refractivity contribution >= 4 is 12.2 Å². The van der Waals surface area contributed by atoms with Crippen LogP contribution < -0.4 is 0 Å². The van der Waals surface area contributed by atoms with Crippen molar-refractivity contribution < 1.29 is 9.59 Å². The van der Waals surface area contributed by atoms with Gasteiger partial charge in [0.05, 0.1) is 0 Å². The van der Waals surface area contributed by atoms with Gasteiger partial charge >= 0.3 is 0 Å². The molecule has 0 spiro atoms. The molecule has 0 radical (unpaired) electrons. The molecule has 4 nitrogen and oxygen atoms in total. The summed E-state index contributed by atoms with van der Waals surface area (Å²) in [4.78, 5) is 28.2. The van der Waals surface area contributed by atoms with E-state index in [4.69, 9.17) is 0 Å². The number of rotatable bonds is 2. The zero-order chi connectivity index (χ0) is 10.7. The molecule has 0 saturated heterocycles. The van der Waals surface area contributed by atoms with Crippen LogP contribution in [-0.4, -0.2) is 17.8 Å². The third-order valence-electron chi connectivity index (χ3n) is 3.12. The first kappa shape index (κ1) is 10.8. The Bertz CT molecular complexity index is 292. The van der Waals surface area contributed by atoms with Gasteiger partial charge in [-0.15, -0.1) is 0 Å². The Labute approximate surface area is 83.1 Å². The van der Waals surface area contributed by atoms with Crippen LogP contribution in [0.4, 0.5) is 0 Å². The molecule has 0 unspecified atom stereocenters. The maximum atomic E-state index is 10.4. The van der Waals surface area contributed by atoms with E-state index in [9.17, 15) is 9.59 Å². The minimum atomic E-state index is -0.922. The van der Waals surface area contributed by atoms with Crippen molar-refractivity contribution in [2.75, 3.05) is 0 Å². The van der Waals surface area contributed by atoms with E-state index < -0.39 is 5.66 Å². The van der Waals surface area contributed by atoms with Crippen LogP contribution in [0.3, 0.4) is 0 Å². The highest BCUT2D eigenvalue weighted by Gasteiger charge is 2.47. The molecule has 0 N–H and O–H groups in total. The Morgan fingerprint density at radius 1 is 1.00 bits per heavy atom. The van der Waals surface area contributed by atoms with Gasteiger partial charge in [0.2, 0.25) is 12.2 Å². The predicted molar refractivity (Wildman–Crippen MR) is 51.2 cm³/mol. The summed E-state index contributed by atoms with van der Waals surface area (Å²) in [6, 6.07) is 0. The fourth-order valence-corrected chi connectivity index (χ4v) is 2.07. The van der Waals surface area contributed by atoms with Crippen LogP contribution in [0.2, 0.25) is 0 Å². The van der Waals surface area contributed by atoms with Crippen molar-refractivity contribution in [2.45, 2.75) is 45.2 Å². The standard InChI is InChI=1S/C10H14N2O2/c1-9(2)5-3-4-6-10(9,11-7-13)12-8-14/h3-6H2,1-2H3. The lowest BCUT2D eigenvalue weighted by atomic mass is 9.69. The van der Waals surface area contributed by atoms with E-state index in [-0.39, 0.29) is 5.41 Å². The molecule has 0 heterocycles. The van der Waals surface area contributed by atoms with Gasteiger partial charge in [0, 0.05) is 5.41 Å². The molecule has 0 aromatic heterocycles. The van der Waals surface area contributed by atoms with Gasteiger partial charge < -0.3 is 0 Å². The third-order valence-corrected chi connectivity index (χ3v) is 3.12. The molecule has 0 aliphatic heterocycles. The molecule has 76 valence electrons. The lowest BCUT2D eigenvalue weighted by Crippen LogP contribution is -2.43. The van der Waals surface area contributed by atoms with Crippen molar-refractivity contribution in [2.24, 2.45) is 15.4 Å². The summed E-state index contributed by atoms with van der Waals surface area (Å²) in [6.45, 7) is 3.93. The largest absolute Gasteiger partial charge is 0.237 e. The number of hydrogen-bond donors (Lipinski definition) is 0. The maximum Gasteiger partial charge on any atom is 0.237 e. The predicted octanol–water partition coefficient (Wildman–Crippen LogP) is 1.95. The lowest BCUT2D eigenvalue weighted by molar-refractivity contribution is 0.109. The van der Waals surface area contributed by atoms with Crippen LogP contribution in [0.1, 0.15) is 39.5 Å². The van der Waals surface area contributed by atoms with Crippen molar-refractivity contribution in [3.8, 4) is 0 Å². The van der Waals surface area contributed by atoms with Gasteiger partial charge in [0.1, 0.15) is 0 Å². The molecule has 0 aromatic carbocycles. The van der Waals surface area contributed by atoms with Crippen LogP contribution in [-0.2, 0) is 9.59 Å². The Morgan fingerprint density at radius 2 is 1.50 bits per heavy atom. The van der Waals surface area contributed by atoms with Gasteiger partial charge in [-0.25, -0.2) is 9.59 Å². The summed E-state index contributed by atoms with van der Waals surface area (Å²) in [5.74, 6) is 0. The van der Waals surface area contributed by atoms with Gasteiger partial charge in [-0.2, -0.15) is 9.98 Å². The average Bonchev–Trinajstić information content (AvgIpc) is 2.11. The zero-order valence-corrected chi connectivity index (χ0v) is 8.54. The maximum absolute atomic E-state index is 10.4. The van der Waals surface area contributed by atoms with Crippen molar-refractivity contribution in [1.82, 2.24) is 0 Å². The van der Waals surface area contributed by atoms with E-state index in [2.05, 4.69) is 9.98 Å². The Hall–Kier alpha value is -1.24. The van der Waals surface area contributed by atoms with Gasteiger partial charge in [-0.05, 0) is 19.3 Å². The normalized spacial score (nSPS) is 29.9. The SMILES string of the molecule is CC1(C)CCCCC1(N=C=O)N=C=O. The van der Waals surface area contributed by atoms with Gasteiger partial charge in [0.15, 0.2) is 5.66 Å². The summed E-state index contributed by atoms with van der Waals surface area (Å²) in [5.41, 5.74) is -1.19. The van der Waals surface area contributed by atoms with Crippen LogP contribution in [0.15, 0.2) is 9.98 Å². The van der Waals surface area contributed by atoms with Crippen LogP contribution >= 0.6 is 0 Å². The number of hydrogen-bond acceptors (Lipinski definition) is 4. The average molecular weight is 194 g/mol. The van der Waals surface area contributed by atoms with Crippen LogP contribution in [0, 0.1) is 5.41 Å². The molecule has 1 fully saturated rings. The first-order valence-corrected chi connectivity index (χ1v) is 4.76. The summed E-state index contributed by atoms with van der Waals surface area (Å²) in [7, 11) is 0. The molecular weight excluding hydrogens is 180 g/mol. The Morgan fingerprint density at radius 3 is 1.93 bits per heavy atom. The fraction of sp³-hybridized carbons (Fsp3) is 0.800. The molecule has 1 saturated carbocycles. The highest BCUT2D eigenvalue weighted by Crippen LogP contribution is 2.46. The van der Waals surface area contributed by atoms with E-state index >= 15 is 0 Å². The molecule has 0 atom stereocenters. The topological polar surface area (TPSA) is 58.9 Å². The second-order valence-corrected chi connectivity index (χ2v) is 4.31. The second-order valence-electron chi connectivity index (χ2n) is 4.31. The molecule has 1 aliphatic rings. The first-order valence-electron chi connectivity index (χ1n) is 4.76.